The number of rotatable bonds is 14. The molecule has 284 valence electrons. The monoisotopic (exact) mass is 742 g/mol. The minimum absolute atomic E-state index is 0.0263. The number of imide groups is 2. The molecule has 0 radical (unpaired) electrons. The van der Waals surface area contributed by atoms with Gasteiger partial charge in [0, 0.05) is 79.5 Å². The maximum atomic E-state index is 13.9. The number of amides is 6. The zero-order valence-electron chi connectivity index (χ0n) is 30.2. The number of nitrogens with one attached hydrogen (secondary N) is 6. The van der Waals surface area contributed by atoms with Gasteiger partial charge in [-0.2, -0.15) is 0 Å². The van der Waals surface area contributed by atoms with Crippen LogP contribution in [0.1, 0.15) is 79.8 Å². The van der Waals surface area contributed by atoms with Gasteiger partial charge in [0.05, 0.1) is 16.7 Å². The third-order valence-electron chi connectivity index (χ3n) is 9.93. The Morgan fingerprint density at radius 2 is 1.78 bits per heavy atom. The van der Waals surface area contributed by atoms with Crippen molar-refractivity contribution in [3.63, 3.8) is 0 Å². The van der Waals surface area contributed by atoms with Crippen LogP contribution in [0.4, 0.5) is 15.8 Å². The Balaban J connectivity index is 0.942. The van der Waals surface area contributed by atoms with E-state index in [4.69, 9.17) is 0 Å². The first kappa shape index (κ1) is 37.9. The summed E-state index contributed by atoms with van der Waals surface area (Å²) >= 11 is 0. The topological polar surface area (TPSA) is 205 Å². The summed E-state index contributed by atoms with van der Waals surface area (Å²) in [5.41, 5.74) is 4.82. The van der Waals surface area contributed by atoms with E-state index in [-0.39, 0.29) is 48.7 Å². The first-order valence-electron chi connectivity index (χ1n) is 17.9. The first-order valence-corrected chi connectivity index (χ1v) is 17.9. The maximum absolute atomic E-state index is 13.9. The number of piperidine rings is 1. The van der Waals surface area contributed by atoms with E-state index in [2.05, 4.69) is 36.5 Å². The molecular formula is C38H43FN8O7. The minimum atomic E-state index is -1.07. The highest BCUT2D eigenvalue weighted by Gasteiger charge is 2.45. The number of aliphatic hydroxyl groups excluding tert-OH is 1. The fourth-order valence-electron chi connectivity index (χ4n) is 7.08. The number of carbonyl (C=O) groups is 6. The van der Waals surface area contributed by atoms with Crippen molar-refractivity contribution in [2.45, 2.75) is 52.3 Å². The van der Waals surface area contributed by atoms with Crippen LogP contribution in [0.2, 0.25) is 0 Å². The number of hydrogen-bond acceptors (Lipinski definition) is 10. The lowest BCUT2D eigenvalue weighted by Gasteiger charge is -2.27. The molecule has 1 aromatic heterocycles. The van der Waals surface area contributed by atoms with E-state index >= 15 is 0 Å². The van der Waals surface area contributed by atoms with Crippen molar-refractivity contribution in [3.8, 4) is 0 Å². The van der Waals surface area contributed by atoms with E-state index in [0.717, 1.165) is 4.90 Å². The van der Waals surface area contributed by atoms with Gasteiger partial charge in [-0.25, -0.2) is 4.39 Å². The number of aromatic amines is 1. The molecule has 6 rings (SSSR count). The van der Waals surface area contributed by atoms with E-state index in [1.807, 2.05) is 13.8 Å². The quantitative estimate of drug-likeness (QED) is 0.120. The van der Waals surface area contributed by atoms with Gasteiger partial charge in [0.15, 0.2) is 6.23 Å². The Morgan fingerprint density at radius 1 is 1.02 bits per heavy atom. The first-order chi connectivity index (χ1) is 25.9. The lowest BCUT2D eigenvalue weighted by Crippen LogP contribution is -2.54. The van der Waals surface area contributed by atoms with Crippen LogP contribution >= 0.6 is 0 Å². The summed E-state index contributed by atoms with van der Waals surface area (Å²) in [5.74, 6) is -3.25. The molecular weight excluding hydrogens is 699 g/mol. The van der Waals surface area contributed by atoms with E-state index in [9.17, 15) is 38.3 Å². The smallest absolute Gasteiger partial charge is 0.264 e. The molecule has 16 heteroatoms. The van der Waals surface area contributed by atoms with Crippen LogP contribution in [0.3, 0.4) is 0 Å². The van der Waals surface area contributed by atoms with Crippen LogP contribution in [0.25, 0.3) is 11.6 Å². The van der Waals surface area contributed by atoms with E-state index in [1.54, 1.807) is 31.2 Å². The van der Waals surface area contributed by atoms with Crippen molar-refractivity contribution in [1.82, 2.24) is 30.7 Å². The van der Waals surface area contributed by atoms with Gasteiger partial charge in [-0.1, -0.05) is 13.0 Å². The Labute approximate surface area is 310 Å². The summed E-state index contributed by atoms with van der Waals surface area (Å²) in [6, 6.07) is 7.93. The molecule has 1 fully saturated rings. The number of fused-ring (bicyclic) bond motifs is 2. The summed E-state index contributed by atoms with van der Waals surface area (Å²) in [6.07, 6.45) is 0.889. The highest BCUT2D eigenvalue weighted by atomic mass is 19.1. The highest BCUT2D eigenvalue weighted by molar-refractivity contribution is 6.25. The second kappa shape index (κ2) is 16.0. The third-order valence-corrected chi connectivity index (χ3v) is 9.93. The fraction of sp³-hybridized carbons (Fsp3) is 0.368. The molecule has 2 unspecified atom stereocenters. The Kier molecular flexibility index (Phi) is 11.2. The van der Waals surface area contributed by atoms with Crippen molar-refractivity contribution in [1.29, 1.82) is 0 Å². The van der Waals surface area contributed by atoms with E-state index in [1.165, 1.54) is 18.2 Å². The molecule has 3 aliphatic rings. The van der Waals surface area contributed by atoms with Gasteiger partial charge in [-0.3, -0.25) is 39.0 Å². The van der Waals surface area contributed by atoms with Gasteiger partial charge in [0.25, 0.3) is 17.7 Å². The van der Waals surface area contributed by atoms with Crippen molar-refractivity contribution in [3.05, 3.63) is 81.4 Å². The molecule has 54 heavy (non-hydrogen) atoms. The average molecular weight is 743 g/mol. The van der Waals surface area contributed by atoms with Gasteiger partial charge in [0.2, 0.25) is 17.7 Å². The summed E-state index contributed by atoms with van der Waals surface area (Å²) in [6.45, 7) is 8.29. The minimum Gasteiger partial charge on any atom is -0.384 e. The van der Waals surface area contributed by atoms with Crippen LogP contribution in [-0.2, 0) is 14.4 Å². The summed E-state index contributed by atoms with van der Waals surface area (Å²) < 4.78 is 13.9. The third kappa shape index (κ3) is 7.75. The molecule has 3 aromatic rings. The van der Waals surface area contributed by atoms with Gasteiger partial charge in [-0.15, -0.1) is 0 Å². The SMILES string of the molecule is CCN(CCNC(=O)CCNc1cccc2c1C(=O)N(C1CCC(=O)NC1=O)C2=O)CCNC(=O)c1c(C)[nH]c(/C=C2/c3cc(F)ccc3NC2O)c1C. The molecule has 0 saturated carbocycles. The normalized spacial score (nSPS) is 18.5. The number of benzene rings is 2. The molecule has 0 bridgehead atoms. The lowest BCUT2D eigenvalue weighted by molar-refractivity contribution is -0.136. The number of H-pyrrole nitrogens is 1. The summed E-state index contributed by atoms with van der Waals surface area (Å²) in [5, 5.41) is 24.6. The zero-order valence-corrected chi connectivity index (χ0v) is 30.2. The number of halogens is 1. The average Bonchev–Trinajstić information content (AvgIpc) is 3.70. The predicted molar refractivity (Wildman–Crippen MR) is 198 cm³/mol. The molecule has 0 aliphatic carbocycles. The fourth-order valence-corrected chi connectivity index (χ4v) is 7.08. The molecule has 3 aliphatic heterocycles. The van der Waals surface area contributed by atoms with Crippen molar-refractivity contribution < 1.29 is 38.3 Å². The largest absolute Gasteiger partial charge is 0.384 e. The molecule has 7 N–H and O–H groups in total. The maximum Gasteiger partial charge on any atom is 0.264 e. The van der Waals surface area contributed by atoms with Crippen LogP contribution < -0.4 is 26.6 Å². The summed E-state index contributed by atoms with van der Waals surface area (Å²) in [4.78, 5) is 82.3. The molecule has 15 nitrogen and oxygen atoms in total. The molecule has 1 saturated heterocycles. The number of likely N-dealkylation sites (N-methyl/N-ethyl adjacent to an activating group) is 1. The lowest BCUT2D eigenvalue weighted by atomic mass is 10.0. The van der Waals surface area contributed by atoms with Crippen molar-refractivity contribution in [2.24, 2.45) is 0 Å². The second-order valence-electron chi connectivity index (χ2n) is 13.4. The van der Waals surface area contributed by atoms with Crippen LogP contribution in [0.15, 0.2) is 36.4 Å². The Hall–Kier alpha value is -5.87. The molecule has 0 spiro atoms. The second-order valence-corrected chi connectivity index (χ2v) is 13.4. The van der Waals surface area contributed by atoms with Crippen LogP contribution in [0, 0.1) is 19.7 Å². The molecule has 2 aromatic carbocycles. The molecule has 6 amide bonds. The van der Waals surface area contributed by atoms with E-state index < -0.39 is 41.7 Å². The number of aromatic nitrogens is 1. The number of aryl methyl sites for hydroxylation is 1. The standard InChI is InChI=1S/C38H43FN8O7/c1-4-46(17-15-42-36(52)32-20(2)28(43-21(32)3)19-25-24-18-22(39)8-9-26(24)44-34(25)50)16-14-41-30(48)12-13-40-27-7-5-6-23-33(27)38(54)47(37(23)53)29-10-11-31(49)45-35(29)51/h5-9,18-19,29,34,40,43-44,50H,4,10-17H2,1-3H3,(H,41,48)(H,42,52)(H,45,49,51)/b25-19-. The van der Waals surface area contributed by atoms with E-state index in [0.29, 0.717) is 77.7 Å². The van der Waals surface area contributed by atoms with Gasteiger partial charge < -0.3 is 36.3 Å². The predicted octanol–water partition coefficient (Wildman–Crippen LogP) is 2.13. The van der Waals surface area contributed by atoms with Crippen LogP contribution in [-0.4, -0.2) is 107 Å². The Bertz CT molecular complexity index is 2060. The number of nitrogens with zero attached hydrogens (tertiary/aromatic N) is 2. The number of anilines is 2. The van der Waals surface area contributed by atoms with Crippen LogP contribution in [0.5, 0.6) is 0 Å². The highest BCUT2D eigenvalue weighted by Crippen LogP contribution is 2.37. The number of hydrogen-bond donors (Lipinski definition) is 7. The zero-order chi connectivity index (χ0) is 38.7. The molecule has 2 atom stereocenters. The Morgan fingerprint density at radius 3 is 2.52 bits per heavy atom. The van der Waals surface area contributed by atoms with Crippen molar-refractivity contribution >= 4 is 58.5 Å². The van der Waals surface area contributed by atoms with Gasteiger partial charge in [0.1, 0.15) is 11.9 Å². The van der Waals surface area contributed by atoms with Gasteiger partial charge >= 0.3 is 0 Å². The number of carbonyl (C=O) groups excluding carboxylic acids is 6. The molecule has 4 heterocycles. The van der Waals surface area contributed by atoms with Gasteiger partial charge in [-0.05, 0) is 68.8 Å². The number of aliphatic hydroxyl groups is 1. The van der Waals surface area contributed by atoms with Crippen molar-refractivity contribution in [2.75, 3.05) is 49.9 Å². The summed E-state index contributed by atoms with van der Waals surface area (Å²) in [7, 11) is 0.